The Kier molecular flexibility index (Phi) is 3.67. The first-order valence-corrected chi connectivity index (χ1v) is 6.93. The molecule has 0 saturated carbocycles. The summed E-state index contributed by atoms with van der Waals surface area (Å²) in [6.45, 7) is 11.4. The van der Waals surface area contributed by atoms with Gasteiger partial charge < -0.3 is 10.2 Å². The van der Waals surface area contributed by atoms with Gasteiger partial charge in [0.05, 0.1) is 0 Å². The number of nitrogens with one attached hydrogen (secondary N) is 1. The molecule has 2 nitrogen and oxygen atoms in total. The number of rotatable bonds is 2. The summed E-state index contributed by atoms with van der Waals surface area (Å²) in [5.41, 5.74) is 4.48. The maximum absolute atomic E-state index is 3.47. The Morgan fingerprint density at radius 3 is 2.61 bits per heavy atom. The molecule has 0 spiro atoms. The molecule has 1 N–H and O–H groups in total. The van der Waals surface area contributed by atoms with Crippen molar-refractivity contribution in [3.8, 4) is 0 Å². The third-order valence-electron chi connectivity index (χ3n) is 4.28. The molecule has 0 radical (unpaired) electrons. The Morgan fingerprint density at radius 1 is 1.28 bits per heavy atom. The molecular formula is C16H26N2. The molecule has 0 bridgehead atoms. The maximum Gasteiger partial charge on any atom is 0.0398 e. The number of hydrogen-bond acceptors (Lipinski definition) is 2. The summed E-state index contributed by atoms with van der Waals surface area (Å²) in [6, 6.07) is 7.39. The van der Waals surface area contributed by atoms with Gasteiger partial charge >= 0.3 is 0 Å². The molecule has 2 rings (SSSR count). The van der Waals surface area contributed by atoms with E-state index in [1.54, 1.807) is 0 Å². The van der Waals surface area contributed by atoms with Crippen LogP contribution in [0, 0.1) is 19.3 Å². The predicted octanol–water partition coefficient (Wildman–Crippen LogP) is 3.13. The van der Waals surface area contributed by atoms with E-state index in [2.05, 4.69) is 63.2 Å². The summed E-state index contributed by atoms with van der Waals surface area (Å²) in [5, 5.41) is 3.47. The van der Waals surface area contributed by atoms with Crippen molar-refractivity contribution in [1.82, 2.24) is 5.32 Å². The van der Waals surface area contributed by atoms with E-state index in [1.165, 1.54) is 23.2 Å². The van der Waals surface area contributed by atoms with Crippen molar-refractivity contribution in [1.29, 1.82) is 0 Å². The zero-order valence-corrected chi connectivity index (χ0v) is 12.4. The van der Waals surface area contributed by atoms with E-state index in [0.29, 0.717) is 11.5 Å². The molecule has 18 heavy (non-hydrogen) atoms. The minimum absolute atomic E-state index is 0.323. The van der Waals surface area contributed by atoms with E-state index in [1.807, 2.05) is 0 Å². The average molecular weight is 246 g/mol. The van der Waals surface area contributed by atoms with Gasteiger partial charge in [0.2, 0.25) is 0 Å². The van der Waals surface area contributed by atoms with Crippen molar-refractivity contribution >= 4 is 5.69 Å². The lowest BCUT2D eigenvalue weighted by Gasteiger charge is -2.45. The van der Waals surface area contributed by atoms with Crippen LogP contribution in [0.1, 0.15) is 31.4 Å². The zero-order valence-electron chi connectivity index (χ0n) is 12.4. The predicted molar refractivity (Wildman–Crippen MR) is 79.4 cm³/mol. The molecule has 0 aromatic heterocycles. The molecule has 1 atom stereocenters. The molecule has 0 aliphatic carbocycles. The topological polar surface area (TPSA) is 15.3 Å². The van der Waals surface area contributed by atoms with Crippen molar-refractivity contribution in [3.05, 3.63) is 29.3 Å². The van der Waals surface area contributed by atoms with Crippen molar-refractivity contribution in [3.63, 3.8) is 0 Å². The van der Waals surface area contributed by atoms with Crippen LogP contribution in [0.5, 0.6) is 0 Å². The zero-order chi connectivity index (χ0) is 13.3. The van der Waals surface area contributed by atoms with E-state index in [9.17, 15) is 0 Å². The van der Waals surface area contributed by atoms with Crippen molar-refractivity contribution in [2.75, 3.05) is 25.0 Å². The molecule has 1 heterocycles. The van der Waals surface area contributed by atoms with Crippen molar-refractivity contribution in [2.45, 2.75) is 40.2 Å². The van der Waals surface area contributed by atoms with Crippen LogP contribution in [0.3, 0.4) is 0 Å². The molecule has 1 saturated heterocycles. The first kappa shape index (κ1) is 13.4. The number of benzene rings is 1. The fourth-order valence-electron chi connectivity index (χ4n) is 3.16. The third-order valence-corrected chi connectivity index (χ3v) is 4.28. The fourth-order valence-corrected chi connectivity index (χ4v) is 3.16. The average Bonchev–Trinajstić information content (AvgIpc) is 2.31. The van der Waals surface area contributed by atoms with E-state index < -0.39 is 0 Å². The van der Waals surface area contributed by atoms with Crippen LogP contribution in [0.2, 0.25) is 0 Å². The van der Waals surface area contributed by atoms with Gasteiger partial charge in [-0.3, -0.25) is 0 Å². The van der Waals surface area contributed by atoms with Gasteiger partial charge in [-0.2, -0.15) is 0 Å². The van der Waals surface area contributed by atoms with Gasteiger partial charge in [0.25, 0.3) is 0 Å². The molecule has 1 unspecified atom stereocenters. The SMILES string of the molecule is CNC1CCN(c2cc(C)ccc2C)CC1(C)C. The molecule has 1 aromatic carbocycles. The molecule has 1 aliphatic rings. The number of aryl methyl sites for hydroxylation is 2. The Morgan fingerprint density at radius 2 is 2.00 bits per heavy atom. The Bertz CT molecular complexity index is 423. The Balaban J connectivity index is 2.23. The van der Waals surface area contributed by atoms with Crippen LogP contribution < -0.4 is 10.2 Å². The minimum atomic E-state index is 0.323. The lowest BCUT2D eigenvalue weighted by Crippen LogP contribution is -2.53. The number of anilines is 1. The van der Waals surface area contributed by atoms with E-state index >= 15 is 0 Å². The summed E-state index contributed by atoms with van der Waals surface area (Å²) in [4.78, 5) is 2.55. The smallest absolute Gasteiger partial charge is 0.0398 e. The quantitative estimate of drug-likeness (QED) is 0.862. The van der Waals surface area contributed by atoms with Crippen LogP contribution in [0.15, 0.2) is 18.2 Å². The van der Waals surface area contributed by atoms with Crippen LogP contribution >= 0.6 is 0 Å². The largest absolute Gasteiger partial charge is 0.371 e. The van der Waals surface area contributed by atoms with E-state index in [4.69, 9.17) is 0 Å². The Hall–Kier alpha value is -1.02. The minimum Gasteiger partial charge on any atom is -0.371 e. The summed E-state index contributed by atoms with van der Waals surface area (Å²) in [5.74, 6) is 0. The van der Waals surface area contributed by atoms with Gasteiger partial charge in [-0.05, 0) is 49.9 Å². The normalized spacial score (nSPS) is 23.2. The maximum atomic E-state index is 3.47. The number of piperidine rings is 1. The van der Waals surface area contributed by atoms with Gasteiger partial charge in [-0.1, -0.05) is 26.0 Å². The molecular weight excluding hydrogens is 220 g/mol. The summed E-state index contributed by atoms with van der Waals surface area (Å²) in [6.07, 6.45) is 1.22. The van der Waals surface area contributed by atoms with Gasteiger partial charge in [-0.25, -0.2) is 0 Å². The second-order valence-corrected chi connectivity index (χ2v) is 6.33. The van der Waals surface area contributed by atoms with Crippen LogP contribution in [-0.2, 0) is 0 Å². The molecule has 1 fully saturated rings. The van der Waals surface area contributed by atoms with Gasteiger partial charge in [0, 0.05) is 24.8 Å². The lowest BCUT2D eigenvalue weighted by molar-refractivity contribution is 0.215. The first-order valence-electron chi connectivity index (χ1n) is 6.93. The third kappa shape index (κ3) is 2.54. The summed E-state index contributed by atoms with van der Waals surface area (Å²) in [7, 11) is 2.08. The second-order valence-electron chi connectivity index (χ2n) is 6.33. The highest BCUT2D eigenvalue weighted by Gasteiger charge is 2.35. The van der Waals surface area contributed by atoms with Gasteiger partial charge in [0.15, 0.2) is 0 Å². The van der Waals surface area contributed by atoms with E-state index in [0.717, 1.165) is 13.1 Å². The molecule has 0 amide bonds. The first-order chi connectivity index (χ1) is 8.44. The van der Waals surface area contributed by atoms with Crippen LogP contribution in [0.4, 0.5) is 5.69 Å². The standard InChI is InChI=1S/C16H26N2/c1-12-6-7-13(2)14(10-12)18-9-8-15(17-5)16(3,4)11-18/h6-7,10,15,17H,8-9,11H2,1-5H3. The molecule has 1 aliphatic heterocycles. The van der Waals surface area contributed by atoms with Gasteiger partial charge in [-0.15, -0.1) is 0 Å². The van der Waals surface area contributed by atoms with Crippen molar-refractivity contribution < 1.29 is 0 Å². The highest BCUT2D eigenvalue weighted by Crippen LogP contribution is 2.33. The Labute approximate surface area is 111 Å². The summed E-state index contributed by atoms with van der Waals surface area (Å²) >= 11 is 0. The van der Waals surface area contributed by atoms with E-state index in [-0.39, 0.29) is 0 Å². The molecule has 2 heteroatoms. The van der Waals surface area contributed by atoms with Gasteiger partial charge in [0.1, 0.15) is 0 Å². The lowest BCUT2D eigenvalue weighted by atomic mass is 9.79. The van der Waals surface area contributed by atoms with Crippen LogP contribution in [-0.4, -0.2) is 26.2 Å². The van der Waals surface area contributed by atoms with Crippen LogP contribution in [0.25, 0.3) is 0 Å². The molecule has 100 valence electrons. The van der Waals surface area contributed by atoms with Crippen molar-refractivity contribution in [2.24, 2.45) is 5.41 Å². The highest BCUT2D eigenvalue weighted by atomic mass is 15.2. The summed E-state index contributed by atoms with van der Waals surface area (Å²) < 4.78 is 0. The number of nitrogens with zero attached hydrogens (tertiary/aromatic N) is 1. The second kappa shape index (κ2) is 4.93. The fraction of sp³-hybridized carbons (Fsp3) is 0.625. The number of hydrogen-bond donors (Lipinski definition) is 1. The monoisotopic (exact) mass is 246 g/mol. The highest BCUT2D eigenvalue weighted by molar-refractivity contribution is 5.55. The molecule has 1 aromatic rings.